The topological polar surface area (TPSA) is 41.1 Å². The summed E-state index contributed by atoms with van der Waals surface area (Å²) >= 11 is 0. The number of anilines is 2. The molecule has 4 nitrogen and oxygen atoms in total. The van der Waals surface area contributed by atoms with Gasteiger partial charge in [0.05, 0.1) is 0 Å². The highest BCUT2D eigenvalue weighted by Crippen LogP contribution is 2.32. The van der Waals surface area contributed by atoms with Gasteiger partial charge >= 0.3 is 0 Å². The largest absolute Gasteiger partial charge is 0.370 e. The number of nitrogens with zero attached hydrogens (tertiary/aromatic N) is 3. The van der Waals surface area contributed by atoms with Crippen molar-refractivity contribution in [2.45, 2.75) is 65.8 Å². The molecule has 21 heavy (non-hydrogen) atoms. The van der Waals surface area contributed by atoms with Gasteiger partial charge in [0.25, 0.3) is 0 Å². The summed E-state index contributed by atoms with van der Waals surface area (Å²) in [5, 5.41) is 3.39. The minimum atomic E-state index is 0.646. The van der Waals surface area contributed by atoms with E-state index in [1.807, 2.05) is 0 Å². The first-order valence-electron chi connectivity index (χ1n) is 8.51. The highest BCUT2D eigenvalue weighted by molar-refractivity contribution is 5.59. The van der Waals surface area contributed by atoms with Crippen molar-refractivity contribution in [3.05, 3.63) is 11.9 Å². The Balaban J connectivity index is 2.35. The monoisotopic (exact) mass is 290 g/mol. The van der Waals surface area contributed by atoms with E-state index in [4.69, 9.17) is 0 Å². The van der Waals surface area contributed by atoms with Crippen LogP contribution in [-0.4, -0.2) is 29.1 Å². The Morgan fingerprint density at radius 1 is 1.24 bits per heavy atom. The lowest BCUT2D eigenvalue weighted by Gasteiger charge is -2.33. The van der Waals surface area contributed by atoms with E-state index in [-0.39, 0.29) is 0 Å². The molecule has 1 aliphatic carbocycles. The molecule has 0 amide bonds. The molecule has 1 N–H and O–H groups in total. The Bertz CT molecular complexity index is 438. The van der Waals surface area contributed by atoms with E-state index < -0.39 is 0 Å². The normalized spacial score (nSPS) is 15.7. The summed E-state index contributed by atoms with van der Waals surface area (Å²) in [7, 11) is 0. The quantitative estimate of drug-likeness (QED) is 0.827. The van der Waals surface area contributed by atoms with Gasteiger partial charge in [-0.15, -0.1) is 0 Å². The number of hydrogen-bond donors (Lipinski definition) is 1. The van der Waals surface area contributed by atoms with Crippen LogP contribution in [0.3, 0.4) is 0 Å². The molecule has 2 rings (SSSR count). The van der Waals surface area contributed by atoms with Gasteiger partial charge in [-0.25, -0.2) is 9.97 Å². The maximum Gasteiger partial charge on any atom is 0.137 e. The van der Waals surface area contributed by atoms with Crippen molar-refractivity contribution < 1.29 is 0 Å². The van der Waals surface area contributed by atoms with Gasteiger partial charge in [-0.3, -0.25) is 0 Å². The molecule has 1 heterocycles. The van der Waals surface area contributed by atoms with Gasteiger partial charge < -0.3 is 10.2 Å². The van der Waals surface area contributed by atoms with Gasteiger partial charge in [-0.1, -0.05) is 33.6 Å². The fourth-order valence-electron chi connectivity index (χ4n) is 3.31. The number of nitrogens with one attached hydrogen (secondary N) is 1. The van der Waals surface area contributed by atoms with Crippen molar-refractivity contribution in [3.8, 4) is 0 Å². The van der Waals surface area contributed by atoms with Crippen LogP contribution in [0, 0.1) is 5.92 Å². The fraction of sp³-hybridized carbons (Fsp3) is 0.765. The van der Waals surface area contributed by atoms with Gasteiger partial charge in [-0.2, -0.15) is 0 Å². The Hall–Kier alpha value is -1.32. The fourth-order valence-corrected chi connectivity index (χ4v) is 3.31. The minimum Gasteiger partial charge on any atom is -0.370 e. The molecule has 0 saturated heterocycles. The molecule has 1 aliphatic rings. The standard InChI is InChI=1S/C17H30N4/c1-5-15-16(18-6-2)19-12-20-17(15)21(11-13(3)4)14-9-7-8-10-14/h12-14H,5-11H2,1-4H3,(H,18,19,20). The predicted octanol–water partition coefficient (Wildman–Crippen LogP) is 3.88. The summed E-state index contributed by atoms with van der Waals surface area (Å²) in [5.41, 5.74) is 1.27. The molecular weight excluding hydrogens is 260 g/mol. The number of hydrogen-bond acceptors (Lipinski definition) is 4. The van der Waals surface area contributed by atoms with E-state index in [1.165, 1.54) is 31.2 Å². The van der Waals surface area contributed by atoms with Crippen LogP contribution in [0.5, 0.6) is 0 Å². The van der Waals surface area contributed by atoms with Crippen LogP contribution in [0.4, 0.5) is 11.6 Å². The summed E-state index contributed by atoms with van der Waals surface area (Å²) in [6, 6.07) is 0.655. The van der Waals surface area contributed by atoms with E-state index in [0.29, 0.717) is 12.0 Å². The molecule has 1 aromatic rings. The molecule has 1 saturated carbocycles. The molecule has 0 radical (unpaired) electrons. The van der Waals surface area contributed by atoms with E-state index in [9.17, 15) is 0 Å². The highest BCUT2D eigenvalue weighted by atomic mass is 15.2. The maximum absolute atomic E-state index is 4.67. The zero-order chi connectivity index (χ0) is 15.2. The lowest BCUT2D eigenvalue weighted by molar-refractivity contribution is 0.529. The second-order valence-corrected chi connectivity index (χ2v) is 6.39. The Kier molecular flexibility index (Phi) is 5.83. The van der Waals surface area contributed by atoms with Gasteiger partial charge in [0, 0.05) is 24.7 Å². The third-order valence-electron chi connectivity index (χ3n) is 4.22. The summed E-state index contributed by atoms with van der Waals surface area (Å²) in [4.78, 5) is 11.7. The second kappa shape index (κ2) is 7.62. The van der Waals surface area contributed by atoms with E-state index >= 15 is 0 Å². The van der Waals surface area contributed by atoms with E-state index in [1.54, 1.807) is 6.33 Å². The molecule has 0 aromatic carbocycles. The second-order valence-electron chi connectivity index (χ2n) is 6.39. The zero-order valence-electron chi connectivity index (χ0n) is 14.0. The van der Waals surface area contributed by atoms with Crippen LogP contribution >= 0.6 is 0 Å². The molecule has 0 unspecified atom stereocenters. The van der Waals surface area contributed by atoms with E-state index in [0.717, 1.165) is 31.1 Å². The van der Waals surface area contributed by atoms with Crippen molar-refractivity contribution in [1.29, 1.82) is 0 Å². The van der Waals surface area contributed by atoms with Crippen molar-refractivity contribution in [1.82, 2.24) is 9.97 Å². The van der Waals surface area contributed by atoms with Crippen LogP contribution < -0.4 is 10.2 Å². The number of aromatic nitrogens is 2. The Labute approximate surface area is 129 Å². The maximum atomic E-state index is 4.67. The first-order chi connectivity index (χ1) is 10.2. The number of rotatable bonds is 7. The third kappa shape index (κ3) is 3.86. The van der Waals surface area contributed by atoms with Crippen molar-refractivity contribution in [2.24, 2.45) is 5.92 Å². The van der Waals surface area contributed by atoms with Crippen LogP contribution in [0.15, 0.2) is 6.33 Å². The van der Waals surface area contributed by atoms with Crippen LogP contribution in [0.25, 0.3) is 0 Å². The Morgan fingerprint density at radius 2 is 1.95 bits per heavy atom. The molecule has 0 spiro atoms. The molecule has 0 bridgehead atoms. The lowest BCUT2D eigenvalue weighted by atomic mass is 10.1. The first kappa shape index (κ1) is 16.1. The molecule has 1 aromatic heterocycles. The van der Waals surface area contributed by atoms with Gasteiger partial charge in [0.1, 0.15) is 18.0 Å². The minimum absolute atomic E-state index is 0.646. The predicted molar refractivity (Wildman–Crippen MR) is 90.0 cm³/mol. The molecular formula is C17H30N4. The summed E-state index contributed by atoms with van der Waals surface area (Å²) in [5.74, 6) is 2.81. The lowest BCUT2D eigenvalue weighted by Crippen LogP contribution is -2.37. The van der Waals surface area contributed by atoms with Gasteiger partial charge in [0.15, 0.2) is 0 Å². The summed E-state index contributed by atoms with van der Waals surface area (Å²) < 4.78 is 0. The molecule has 118 valence electrons. The molecule has 0 atom stereocenters. The van der Waals surface area contributed by atoms with Gasteiger partial charge in [-0.05, 0) is 32.1 Å². The molecule has 4 heteroatoms. The SMILES string of the molecule is CCNc1ncnc(N(CC(C)C)C2CCCC2)c1CC. The average Bonchev–Trinajstić information content (AvgIpc) is 2.98. The summed E-state index contributed by atoms with van der Waals surface area (Å²) in [6.07, 6.45) is 8.00. The summed E-state index contributed by atoms with van der Waals surface area (Å²) in [6.45, 7) is 10.9. The van der Waals surface area contributed by atoms with Crippen LogP contribution in [-0.2, 0) is 6.42 Å². The van der Waals surface area contributed by atoms with Crippen molar-refractivity contribution in [3.63, 3.8) is 0 Å². The highest BCUT2D eigenvalue weighted by Gasteiger charge is 2.26. The average molecular weight is 290 g/mol. The van der Waals surface area contributed by atoms with Crippen LogP contribution in [0.1, 0.15) is 58.9 Å². The smallest absolute Gasteiger partial charge is 0.137 e. The zero-order valence-corrected chi connectivity index (χ0v) is 14.0. The third-order valence-corrected chi connectivity index (χ3v) is 4.22. The van der Waals surface area contributed by atoms with E-state index in [2.05, 4.69) is 47.9 Å². The van der Waals surface area contributed by atoms with Gasteiger partial charge in [0.2, 0.25) is 0 Å². The first-order valence-corrected chi connectivity index (χ1v) is 8.51. The molecule has 0 aliphatic heterocycles. The van der Waals surface area contributed by atoms with Crippen LogP contribution in [0.2, 0.25) is 0 Å². The Morgan fingerprint density at radius 3 is 2.52 bits per heavy atom. The van der Waals surface area contributed by atoms with Crippen molar-refractivity contribution >= 4 is 11.6 Å². The van der Waals surface area contributed by atoms with Crippen molar-refractivity contribution in [2.75, 3.05) is 23.3 Å². The molecule has 1 fully saturated rings.